The summed E-state index contributed by atoms with van der Waals surface area (Å²) in [4.78, 5) is 12.2. The molecule has 3 N–H and O–H groups in total. The highest BCUT2D eigenvalue weighted by atomic mass is 35.5. The second-order valence-electron chi connectivity index (χ2n) is 4.68. The number of halogens is 2. The number of nitrogens with one attached hydrogen (secondary N) is 1. The Bertz CT molecular complexity index is 490. The van der Waals surface area contributed by atoms with E-state index < -0.39 is 17.8 Å². The maximum atomic E-state index is 12.2. The van der Waals surface area contributed by atoms with Crippen LogP contribution in [0.15, 0.2) is 12.1 Å². The van der Waals surface area contributed by atoms with E-state index in [2.05, 4.69) is 5.32 Å². The first-order valence-corrected chi connectivity index (χ1v) is 5.78. The van der Waals surface area contributed by atoms with Crippen LogP contribution in [-0.2, 0) is 0 Å². The third-order valence-corrected chi connectivity index (χ3v) is 2.52. The normalized spacial score (nSPS) is 14.2. The minimum atomic E-state index is -2.22. The first-order valence-electron chi connectivity index (χ1n) is 6.03. The van der Waals surface area contributed by atoms with Crippen LogP contribution >= 0.6 is 23.2 Å². The molecule has 0 saturated heterocycles. The fourth-order valence-corrected chi connectivity index (χ4v) is 1.52. The molecule has 0 heterocycles. The summed E-state index contributed by atoms with van der Waals surface area (Å²) in [5.74, 6) is -0.744. The number of carbonyl (C=O) groups excluding carboxylic acids is 1. The third kappa shape index (κ3) is 4.19. The minimum Gasteiger partial charge on any atom is -0.396 e. The van der Waals surface area contributed by atoms with Crippen molar-refractivity contribution in [2.75, 3.05) is 12.2 Å². The van der Waals surface area contributed by atoms with Gasteiger partial charge < -0.3 is 11.1 Å². The lowest BCUT2D eigenvalue weighted by molar-refractivity contribution is 0.0982. The zero-order valence-corrected chi connectivity index (χ0v) is 11.4. The summed E-state index contributed by atoms with van der Waals surface area (Å²) in [5.41, 5.74) is 5.27. The SMILES string of the molecule is [2H]C([2H])(NC(C)(C)C)C(=O)c1cc(Cl)c(N)c(Cl)c1. The molecule has 0 atom stereocenters. The van der Waals surface area contributed by atoms with Crippen molar-refractivity contribution in [1.82, 2.24) is 5.32 Å². The number of Topliss-reactive ketones (excluding diaryl/α,β-unsaturated/α-hetero) is 1. The lowest BCUT2D eigenvalue weighted by atomic mass is 10.1. The number of rotatable bonds is 3. The monoisotopic (exact) mass is 276 g/mol. The summed E-state index contributed by atoms with van der Waals surface area (Å²) >= 11 is 11.7. The molecule has 17 heavy (non-hydrogen) atoms. The Morgan fingerprint density at radius 2 is 1.88 bits per heavy atom. The molecule has 0 fully saturated rings. The average molecular weight is 277 g/mol. The molecule has 94 valence electrons. The number of nitrogens with two attached hydrogens (primary N) is 1. The number of anilines is 1. The van der Waals surface area contributed by atoms with E-state index in [0.717, 1.165) is 0 Å². The highest BCUT2D eigenvalue weighted by Gasteiger charge is 2.14. The van der Waals surface area contributed by atoms with E-state index in [0.29, 0.717) is 0 Å². The lowest BCUT2D eigenvalue weighted by Crippen LogP contribution is -2.39. The second kappa shape index (κ2) is 5.25. The van der Waals surface area contributed by atoms with E-state index in [-0.39, 0.29) is 21.3 Å². The average Bonchev–Trinajstić information content (AvgIpc) is 2.20. The summed E-state index contributed by atoms with van der Waals surface area (Å²) < 4.78 is 15.6. The number of ketones is 1. The van der Waals surface area contributed by atoms with Gasteiger partial charge in [-0.1, -0.05) is 23.2 Å². The maximum absolute atomic E-state index is 12.2. The molecule has 1 aromatic rings. The summed E-state index contributed by atoms with van der Waals surface area (Å²) in [5, 5.41) is 2.87. The molecule has 0 aliphatic carbocycles. The van der Waals surface area contributed by atoms with E-state index in [1.165, 1.54) is 12.1 Å². The van der Waals surface area contributed by atoms with Crippen molar-refractivity contribution >= 4 is 34.7 Å². The largest absolute Gasteiger partial charge is 0.396 e. The zero-order chi connectivity index (χ0) is 15.0. The fourth-order valence-electron chi connectivity index (χ4n) is 1.03. The third-order valence-electron chi connectivity index (χ3n) is 1.89. The predicted octanol–water partition coefficient (Wildman–Crippen LogP) is 3.15. The van der Waals surface area contributed by atoms with Crippen LogP contribution in [0.5, 0.6) is 0 Å². The Morgan fingerprint density at radius 3 is 2.29 bits per heavy atom. The summed E-state index contributed by atoms with van der Waals surface area (Å²) in [6.45, 7) is 3.07. The predicted molar refractivity (Wildman–Crippen MR) is 73.0 cm³/mol. The topological polar surface area (TPSA) is 55.1 Å². The number of carbonyl (C=O) groups is 1. The molecule has 0 aromatic heterocycles. The van der Waals surface area contributed by atoms with E-state index in [1.54, 1.807) is 20.8 Å². The van der Waals surface area contributed by atoms with Crippen LogP contribution in [0.25, 0.3) is 0 Å². The zero-order valence-electron chi connectivity index (χ0n) is 11.9. The number of benzene rings is 1. The highest BCUT2D eigenvalue weighted by molar-refractivity contribution is 6.39. The summed E-state index contributed by atoms with van der Waals surface area (Å²) in [6, 6.07) is 2.63. The number of hydrogen-bond acceptors (Lipinski definition) is 3. The Labute approximate surface area is 114 Å². The second-order valence-corrected chi connectivity index (χ2v) is 5.50. The smallest absolute Gasteiger partial charge is 0.176 e. The molecule has 3 nitrogen and oxygen atoms in total. The van der Waals surface area contributed by atoms with Crippen LogP contribution in [-0.4, -0.2) is 17.8 Å². The Kier molecular flexibility index (Phi) is 3.50. The quantitative estimate of drug-likeness (QED) is 0.659. The van der Waals surface area contributed by atoms with Gasteiger partial charge in [-0.05, 0) is 32.9 Å². The van der Waals surface area contributed by atoms with Gasteiger partial charge in [0, 0.05) is 11.1 Å². The molecule has 0 bridgehead atoms. The van der Waals surface area contributed by atoms with Crippen LogP contribution in [0.3, 0.4) is 0 Å². The highest BCUT2D eigenvalue weighted by Crippen LogP contribution is 2.28. The Balaban J connectivity index is 3.13. The van der Waals surface area contributed by atoms with Crippen LogP contribution in [0.4, 0.5) is 5.69 Å². The van der Waals surface area contributed by atoms with Crippen molar-refractivity contribution in [1.29, 1.82) is 0 Å². The van der Waals surface area contributed by atoms with Gasteiger partial charge in [-0.25, -0.2) is 0 Å². The van der Waals surface area contributed by atoms with Crippen molar-refractivity contribution in [2.24, 2.45) is 0 Å². The number of hydrogen-bond donors (Lipinski definition) is 2. The standard InChI is InChI=1S/C12H16Cl2N2O/c1-12(2,3)16-6-10(17)7-4-8(13)11(15)9(14)5-7/h4-5,16H,6,15H2,1-3H3/i6D2. The molecule has 0 aliphatic heterocycles. The molecule has 0 saturated carbocycles. The van der Waals surface area contributed by atoms with Crippen molar-refractivity contribution in [3.05, 3.63) is 27.7 Å². The van der Waals surface area contributed by atoms with Gasteiger partial charge >= 0.3 is 0 Å². The van der Waals surface area contributed by atoms with Crippen LogP contribution in [0.1, 0.15) is 33.9 Å². The molecule has 1 rings (SSSR count). The van der Waals surface area contributed by atoms with Crippen LogP contribution < -0.4 is 11.1 Å². The number of nitrogen functional groups attached to an aromatic ring is 1. The minimum absolute atomic E-state index is 0.0750. The molecule has 0 unspecified atom stereocenters. The summed E-state index contributed by atoms with van der Waals surface area (Å²) in [7, 11) is 0. The molecular weight excluding hydrogens is 259 g/mol. The van der Waals surface area contributed by atoms with Crippen molar-refractivity contribution < 1.29 is 7.54 Å². The van der Waals surface area contributed by atoms with E-state index in [9.17, 15) is 4.79 Å². The molecule has 0 aliphatic rings. The molecule has 0 amide bonds. The fraction of sp³-hybridized carbons (Fsp3) is 0.417. The molecular formula is C12H16Cl2N2O. The van der Waals surface area contributed by atoms with Gasteiger partial charge in [-0.15, -0.1) is 0 Å². The molecule has 5 heteroatoms. The van der Waals surface area contributed by atoms with Gasteiger partial charge in [0.25, 0.3) is 0 Å². The first kappa shape index (κ1) is 11.3. The molecule has 1 aromatic carbocycles. The van der Waals surface area contributed by atoms with Gasteiger partial charge in [-0.3, -0.25) is 4.79 Å². The summed E-state index contributed by atoms with van der Waals surface area (Å²) in [6.07, 6.45) is 0. The van der Waals surface area contributed by atoms with Crippen molar-refractivity contribution in [3.8, 4) is 0 Å². The van der Waals surface area contributed by atoms with Gasteiger partial charge in [0.2, 0.25) is 0 Å². The van der Waals surface area contributed by atoms with Gasteiger partial charge in [0.05, 0.1) is 25.0 Å². The van der Waals surface area contributed by atoms with Gasteiger partial charge in [0.15, 0.2) is 5.78 Å². The maximum Gasteiger partial charge on any atom is 0.176 e. The van der Waals surface area contributed by atoms with Crippen molar-refractivity contribution in [3.63, 3.8) is 0 Å². The Morgan fingerprint density at radius 1 is 1.41 bits per heavy atom. The van der Waals surface area contributed by atoms with E-state index in [4.69, 9.17) is 31.7 Å². The Hall–Kier alpha value is -0.770. The van der Waals surface area contributed by atoms with Crippen molar-refractivity contribution in [2.45, 2.75) is 26.3 Å². The van der Waals surface area contributed by atoms with Crippen LogP contribution in [0, 0.1) is 0 Å². The van der Waals surface area contributed by atoms with Gasteiger partial charge in [-0.2, -0.15) is 0 Å². The van der Waals surface area contributed by atoms with Gasteiger partial charge in [0.1, 0.15) is 0 Å². The lowest BCUT2D eigenvalue weighted by Gasteiger charge is -2.19. The van der Waals surface area contributed by atoms with E-state index >= 15 is 0 Å². The molecule has 0 radical (unpaired) electrons. The van der Waals surface area contributed by atoms with Crippen LogP contribution in [0.2, 0.25) is 10.0 Å². The first-order chi connectivity index (χ1) is 8.44. The van der Waals surface area contributed by atoms with E-state index in [1.807, 2.05) is 0 Å². The molecule has 0 spiro atoms.